The van der Waals surface area contributed by atoms with Gasteiger partial charge in [-0.15, -0.1) is 0 Å². The van der Waals surface area contributed by atoms with Crippen LogP contribution in [-0.4, -0.2) is 29.4 Å². The number of aromatic hydroxyl groups is 1. The van der Waals surface area contributed by atoms with Gasteiger partial charge < -0.3 is 14.9 Å². The third-order valence-corrected chi connectivity index (χ3v) is 4.98. The first-order chi connectivity index (χ1) is 14.4. The predicted molar refractivity (Wildman–Crippen MR) is 116 cm³/mol. The van der Waals surface area contributed by atoms with Crippen LogP contribution in [0.4, 0.5) is 0 Å². The van der Waals surface area contributed by atoms with E-state index in [1.165, 1.54) is 13.3 Å². The number of aliphatic hydroxyl groups is 1. The summed E-state index contributed by atoms with van der Waals surface area (Å²) in [5, 5.41) is 26.3. The fourth-order valence-electron chi connectivity index (χ4n) is 2.86. The maximum absolute atomic E-state index is 13.0. The highest BCUT2D eigenvalue weighted by Crippen LogP contribution is 2.32. The molecule has 3 N–H and O–H groups in total. The summed E-state index contributed by atoms with van der Waals surface area (Å²) < 4.78 is 5.04. The van der Waals surface area contributed by atoms with Gasteiger partial charge in [-0.1, -0.05) is 53.5 Å². The Morgan fingerprint density at radius 2 is 1.53 bits per heavy atom. The van der Waals surface area contributed by atoms with E-state index in [1.807, 2.05) is 0 Å². The number of hydrogen-bond acceptors (Lipinski definition) is 5. The SMILES string of the molecule is COc1cccc(C=NNC(=O)C(O)(c2ccc(Cl)cc2)c2ccc(Cl)cc2)c1O. The molecule has 0 radical (unpaired) electrons. The van der Waals surface area contributed by atoms with E-state index in [2.05, 4.69) is 10.5 Å². The number of rotatable bonds is 6. The molecule has 0 unspecified atom stereocenters. The number of nitrogens with zero attached hydrogens (tertiary/aromatic N) is 1. The van der Waals surface area contributed by atoms with Crippen molar-refractivity contribution < 1.29 is 19.7 Å². The molecule has 0 heterocycles. The molecule has 6 nitrogen and oxygen atoms in total. The van der Waals surface area contributed by atoms with Gasteiger partial charge >= 0.3 is 0 Å². The number of hydrazone groups is 1. The van der Waals surface area contributed by atoms with Gasteiger partial charge in [0.1, 0.15) is 0 Å². The number of phenols is 1. The molecule has 0 spiro atoms. The summed E-state index contributed by atoms with van der Waals surface area (Å²) in [6.07, 6.45) is 1.25. The Morgan fingerprint density at radius 3 is 2.03 bits per heavy atom. The fraction of sp³-hybridized carbons (Fsp3) is 0.0909. The third kappa shape index (κ3) is 4.41. The van der Waals surface area contributed by atoms with E-state index in [0.29, 0.717) is 26.7 Å². The van der Waals surface area contributed by atoms with Gasteiger partial charge in [-0.2, -0.15) is 5.10 Å². The minimum Gasteiger partial charge on any atom is -0.504 e. The average molecular weight is 445 g/mol. The first kappa shape index (κ1) is 21.6. The molecular formula is C22H18Cl2N2O4. The summed E-state index contributed by atoms with van der Waals surface area (Å²) in [7, 11) is 1.43. The van der Waals surface area contributed by atoms with E-state index < -0.39 is 11.5 Å². The smallest absolute Gasteiger partial charge is 0.281 e. The molecule has 1 amide bonds. The fourth-order valence-corrected chi connectivity index (χ4v) is 3.11. The summed E-state index contributed by atoms with van der Waals surface area (Å²) in [5.41, 5.74) is 1.20. The minimum atomic E-state index is -2.05. The van der Waals surface area contributed by atoms with Gasteiger partial charge in [0.15, 0.2) is 17.1 Å². The van der Waals surface area contributed by atoms with Crippen LogP contribution in [0.5, 0.6) is 11.5 Å². The zero-order chi connectivity index (χ0) is 21.7. The molecule has 0 fully saturated rings. The number of benzene rings is 3. The molecule has 0 aromatic heterocycles. The number of amides is 1. The van der Waals surface area contributed by atoms with Crippen molar-refractivity contribution in [2.24, 2.45) is 5.10 Å². The molecule has 0 bridgehead atoms. The normalized spacial score (nSPS) is 11.5. The van der Waals surface area contributed by atoms with Gasteiger partial charge in [0.2, 0.25) is 0 Å². The van der Waals surface area contributed by atoms with Gasteiger partial charge in [0, 0.05) is 15.6 Å². The van der Waals surface area contributed by atoms with Crippen molar-refractivity contribution in [2.45, 2.75) is 5.60 Å². The lowest BCUT2D eigenvalue weighted by atomic mass is 9.85. The Morgan fingerprint density at radius 1 is 1.00 bits per heavy atom. The number of methoxy groups -OCH3 is 1. The second kappa shape index (κ2) is 9.17. The van der Waals surface area contributed by atoms with E-state index in [9.17, 15) is 15.0 Å². The average Bonchev–Trinajstić information content (AvgIpc) is 2.75. The number of para-hydroxylation sites is 1. The second-order valence-corrected chi connectivity index (χ2v) is 7.19. The highest BCUT2D eigenvalue weighted by Gasteiger charge is 2.40. The van der Waals surface area contributed by atoms with Crippen LogP contribution in [0.1, 0.15) is 16.7 Å². The molecule has 0 aliphatic rings. The number of phenolic OH excluding ortho intramolecular Hbond substituents is 1. The summed E-state index contributed by atoms with van der Waals surface area (Å²) >= 11 is 11.9. The van der Waals surface area contributed by atoms with Crippen LogP contribution < -0.4 is 10.2 Å². The topological polar surface area (TPSA) is 91.2 Å². The van der Waals surface area contributed by atoms with Crippen LogP contribution in [-0.2, 0) is 10.4 Å². The van der Waals surface area contributed by atoms with Crippen LogP contribution in [0.3, 0.4) is 0 Å². The zero-order valence-corrected chi connectivity index (χ0v) is 17.4. The number of carbonyl (C=O) groups is 1. The molecule has 0 saturated heterocycles. The quantitative estimate of drug-likeness (QED) is 0.394. The van der Waals surface area contributed by atoms with Gasteiger partial charge in [-0.05, 0) is 47.5 Å². The minimum absolute atomic E-state index is 0.122. The number of halogens is 2. The van der Waals surface area contributed by atoms with Crippen LogP contribution in [0, 0.1) is 0 Å². The Balaban J connectivity index is 1.93. The Bertz CT molecular complexity index is 1020. The largest absolute Gasteiger partial charge is 0.504 e. The Kier molecular flexibility index (Phi) is 6.62. The van der Waals surface area contributed by atoms with Crippen molar-refractivity contribution >= 4 is 35.3 Å². The van der Waals surface area contributed by atoms with Gasteiger partial charge in [0.25, 0.3) is 5.91 Å². The molecule has 0 saturated carbocycles. The molecule has 3 aromatic carbocycles. The van der Waals surface area contributed by atoms with E-state index in [1.54, 1.807) is 66.7 Å². The highest BCUT2D eigenvalue weighted by atomic mass is 35.5. The number of hydrogen-bond donors (Lipinski definition) is 3. The van der Waals surface area contributed by atoms with Gasteiger partial charge in [-0.25, -0.2) is 5.43 Å². The van der Waals surface area contributed by atoms with Crippen molar-refractivity contribution in [3.8, 4) is 11.5 Å². The molecule has 3 rings (SSSR count). The van der Waals surface area contributed by atoms with Crippen molar-refractivity contribution in [2.75, 3.05) is 7.11 Å². The first-order valence-corrected chi connectivity index (χ1v) is 9.55. The van der Waals surface area contributed by atoms with E-state index in [-0.39, 0.29) is 11.5 Å². The van der Waals surface area contributed by atoms with Crippen LogP contribution in [0.15, 0.2) is 71.8 Å². The van der Waals surface area contributed by atoms with E-state index in [0.717, 1.165) is 0 Å². The number of ether oxygens (including phenoxy) is 1. The number of nitrogens with one attached hydrogen (secondary N) is 1. The molecule has 3 aromatic rings. The van der Waals surface area contributed by atoms with E-state index in [4.69, 9.17) is 27.9 Å². The molecule has 0 atom stereocenters. The summed E-state index contributed by atoms with van der Waals surface area (Å²) in [4.78, 5) is 13.0. The summed E-state index contributed by atoms with van der Waals surface area (Å²) in [6, 6.07) is 17.3. The molecule has 30 heavy (non-hydrogen) atoms. The molecule has 0 aliphatic heterocycles. The highest BCUT2D eigenvalue weighted by molar-refractivity contribution is 6.30. The predicted octanol–water partition coefficient (Wildman–Crippen LogP) is 4.09. The standard InChI is InChI=1S/C22H18Cl2N2O4/c1-30-19-4-2-3-14(20(19)27)13-25-26-21(28)22(29,15-5-9-17(23)10-6-15)16-7-11-18(24)12-8-16/h2-13,27,29H,1H3,(H,26,28). The molecule has 154 valence electrons. The van der Waals surface area contributed by atoms with Crippen molar-refractivity contribution in [1.29, 1.82) is 0 Å². The van der Waals surface area contributed by atoms with Crippen LogP contribution >= 0.6 is 23.2 Å². The maximum Gasteiger partial charge on any atom is 0.281 e. The lowest BCUT2D eigenvalue weighted by Crippen LogP contribution is -2.43. The van der Waals surface area contributed by atoms with Crippen LogP contribution in [0.2, 0.25) is 10.0 Å². The monoisotopic (exact) mass is 444 g/mol. The maximum atomic E-state index is 13.0. The van der Waals surface area contributed by atoms with Gasteiger partial charge in [0.05, 0.1) is 13.3 Å². The van der Waals surface area contributed by atoms with Crippen molar-refractivity contribution in [3.05, 3.63) is 93.5 Å². The lowest BCUT2D eigenvalue weighted by molar-refractivity contribution is -0.136. The zero-order valence-electron chi connectivity index (χ0n) is 15.8. The third-order valence-electron chi connectivity index (χ3n) is 4.47. The Labute approximate surface area is 183 Å². The summed E-state index contributed by atoms with van der Waals surface area (Å²) in [6.45, 7) is 0. The Hall–Kier alpha value is -3.06. The van der Waals surface area contributed by atoms with Gasteiger partial charge in [-0.3, -0.25) is 4.79 Å². The summed E-state index contributed by atoms with van der Waals surface area (Å²) in [5.74, 6) is -0.654. The van der Waals surface area contributed by atoms with Crippen molar-refractivity contribution in [3.63, 3.8) is 0 Å². The molecular weight excluding hydrogens is 427 g/mol. The second-order valence-electron chi connectivity index (χ2n) is 6.32. The number of carbonyl (C=O) groups excluding carboxylic acids is 1. The first-order valence-electron chi connectivity index (χ1n) is 8.80. The van der Waals surface area contributed by atoms with Crippen LogP contribution in [0.25, 0.3) is 0 Å². The molecule has 8 heteroatoms. The molecule has 0 aliphatic carbocycles. The van der Waals surface area contributed by atoms with Crippen molar-refractivity contribution in [1.82, 2.24) is 5.43 Å². The lowest BCUT2D eigenvalue weighted by Gasteiger charge is -2.27. The van der Waals surface area contributed by atoms with E-state index >= 15 is 0 Å².